The van der Waals surface area contributed by atoms with Crippen molar-refractivity contribution in [2.45, 2.75) is 22.6 Å². The lowest BCUT2D eigenvalue weighted by atomic mass is 9.68. The van der Waals surface area contributed by atoms with Crippen LogP contribution in [0, 0.1) is 29.6 Å². The van der Waals surface area contributed by atoms with Crippen LogP contribution in [-0.4, -0.2) is 39.7 Å². The monoisotopic (exact) mass is 659 g/mol. The summed E-state index contributed by atoms with van der Waals surface area (Å²) in [6.45, 7) is -0.281. The summed E-state index contributed by atoms with van der Waals surface area (Å²) in [6.07, 6.45) is 0.749. The maximum atomic E-state index is 14.0. The number of aromatic hydroxyl groups is 1. The molecule has 12 heteroatoms. The van der Waals surface area contributed by atoms with Gasteiger partial charge in [-0.25, -0.2) is 0 Å². The number of thioether (sulfide) groups is 1. The molecule has 4 aliphatic rings. The quantitative estimate of drug-likeness (QED) is 0.184. The number of aromatic amines is 1. The number of fused-ring (bicyclic) bond motifs is 9. The van der Waals surface area contributed by atoms with Gasteiger partial charge < -0.3 is 20.1 Å². The van der Waals surface area contributed by atoms with Gasteiger partial charge in [-0.1, -0.05) is 41.1 Å². The maximum absolute atomic E-state index is 14.0. The number of carbonyl (C=O) groups is 3. The Hall–Kier alpha value is -4.06. The third-order valence-corrected chi connectivity index (χ3v) is 12.4. The number of ether oxygens (including phenoxy) is 1. The van der Waals surface area contributed by atoms with E-state index in [1.54, 1.807) is 48.2 Å². The third-order valence-electron chi connectivity index (χ3n) is 9.56. The number of anilines is 2. The van der Waals surface area contributed by atoms with Crippen LogP contribution in [-0.2, 0) is 14.4 Å². The number of para-hydroxylation sites is 1. The molecule has 9 nitrogen and oxygen atoms in total. The lowest BCUT2D eigenvalue weighted by molar-refractivity contribution is -0.123. The van der Waals surface area contributed by atoms with Gasteiger partial charge in [0.1, 0.15) is 11.5 Å². The van der Waals surface area contributed by atoms with Crippen molar-refractivity contribution < 1.29 is 24.2 Å². The predicted molar refractivity (Wildman–Crippen MR) is 171 cm³/mol. The number of nitrogens with one attached hydrogen (secondary N) is 2. The van der Waals surface area contributed by atoms with E-state index in [1.165, 1.54) is 17.0 Å². The smallest absolute Gasteiger partial charge is 0.305 e. The topological polar surface area (TPSA) is 129 Å². The van der Waals surface area contributed by atoms with E-state index in [2.05, 4.69) is 10.3 Å². The molecule has 1 saturated heterocycles. The second kappa shape index (κ2) is 10.8. The standard InChI is InChI=1S/C33H26ClN3O6S2/c34-15-6-11-22(43-14-23(39)35-16-7-9-18(38)10-8-16)19(12-15)24-25-20-13-21(28(25)44-30-29(24)45-33(42)36-30)27-26(20)31(40)37(32(27)41)17-4-2-1-3-5-17/h1-12,20-21,24-28,38H,13-14H2,(H,35,39)(H,36,42)/t20-,21-,24-,25?,26?,27?,28?/m1/s1. The van der Waals surface area contributed by atoms with Gasteiger partial charge in [0.15, 0.2) is 6.61 Å². The number of nitrogens with zero attached hydrogens (tertiary/aromatic N) is 1. The zero-order chi connectivity index (χ0) is 31.0. The highest BCUT2D eigenvalue weighted by Crippen LogP contribution is 2.69. The first kappa shape index (κ1) is 28.4. The SMILES string of the molecule is O=C(COc1ccc(Cl)cc1[C@H]1c2sc(=O)[nH]c2SC2C1[C@H]1C[C@@H]2C2C(=O)N(c3ccccc3)C(=O)C21)Nc1ccc(O)cc1. The molecule has 2 bridgehead atoms. The van der Waals surface area contributed by atoms with Gasteiger partial charge in [0.25, 0.3) is 5.91 Å². The maximum Gasteiger partial charge on any atom is 0.305 e. The van der Waals surface area contributed by atoms with E-state index in [0.717, 1.165) is 33.2 Å². The van der Waals surface area contributed by atoms with Crippen molar-refractivity contribution in [3.8, 4) is 11.5 Å². The van der Waals surface area contributed by atoms with E-state index in [9.17, 15) is 24.3 Å². The molecule has 3 amide bonds. The Labute approximate surface area is 270 Å². The largest absolute Gasteiger partial charge is 0.508 e. The summed E-state index contributed by atoms with van der Waals surface area (Å²) in [5.74, 6) is -1.47. The predicted octanol–water partition coefficient (Wildman–Crippen LogP) is 5.49. The molecule has 7 atom stereocenters. The zero-order valence-electron chi connectivity index (χ0n) is 23.5. The van der Waals surface area contributed by atoms with E-state index in [4.69, 9.17) is 16.3 Å². The molecule has 0 radical (unpaired) electrons. The molecule has 1 aromatic heterocycles. The van der Waals surface area contributed by atoms with Gasteiger partial charge in [-0.3, -0.25) is 24.1 Å². The van der Waals surface area contributed by atoms with Gasteiger partial charge in [0, 0.05) is 32.3 Å². The summed E-state index contributed by atoms with van der Waals surface area (Å²) in [7, 11) is 0. The highest BCUT2D eigenvalue weighted by Gasteiger charge is 2.69. The summed E-state index contributed by atoms with van der Waals surface area (Å²) >= 11 is 9.31. The lowest BCUT2D eigenvalue weighted by Crippen LogP contribution is -2.42. The molecule has 2 aliphatic heterocycles. The van der Waals surface area contributed by atoms with Crippen molar-refractivity contribution in [1.82, 2.24) is 4.98 Å². The Morgan fingerprint density at radius 3 is 2.49 bits per heavy atom. The van der Waals surface area contributed by atoms with Crippen molar-refractivity contribution in [3.63, 3.8) is 0 Å². The zero-order valence-corrected chi connectivity index (χ0v) is 25.9. The number of aromatic nitrogens is 1. The number of benzene rings is 3. The first-order valence-electron chi connectivity index (χ1n) is 14.6. The molecule has 0 spiro atoms. The number of hydrogen-bond donors (Lipinski definition) is 3. The number of phenolic OH excluding ortho intramolecular Hbond substituents is 1. The van der Waals surface area contributed by atoms with Crippen molar-refractivity contribution in [3.05, 3.63) is 97.9 Å². The van der Waals surface area contributed by atoms with Gasteiger partial charge >= 0.3 is 4.87 Å². The molecule has 8 rings (SSSR count). The molecule has 3 heterocycles. The second-order valence-corrected chi connectivity index (χ2v) is 14.5. The van der Waals surface area contributed by atoms with E-state index >= 15 is 0 Å². The molecular weight excluding hydrogens is 634 g/mol. The highest BCUT2D eigenvalue weighted by atomic mass is 35.5. The minimum atomic E-state index is -0.441. The number of halogens is 1. The van der Waals surface area contributed by atoms with Crippen LogP contribution in [0.15, 0.2) is 82.6 Å². The van der Waals surface area contributed by atoms with E-state index in [1.807, 2.05) is 24.3 Å². The number of thiazole rings is 1. The van der Waals surface area contributed by atoms with Crippen LogP contribution in [0.25, 0.3) is 0 Å². The van der Waals surface area contributed by atoms with Gasteiger partial charge in [0.05, 0.1) is 22.5 Å². The fraction of sp³-hybridized carbons (Fsp3) is 0.273. The fourth-order valence-corrected chi connectivity index (χ4v) is 11.0. The average molecular weight is 660 g/mol. The minimum Gasteiger partial charge on any atom is -0.508 e. The molecule has 3 aromatic carbocycles. The number of H-pyrrole nitrogens is 1. The number of imide groups is 1. The number of amides is 3. The van der Waals surface area contributed by atoms with Gasteiger partial charge in [-0.2, -0.15) is 0 Å². The summed E-state index contributed by atoms with van der Waals surface area (Å²) < 4.78 is 6.11. The molecular formula is C33H26ClN3O6S2. The molecule has 4 aromatic rings. The molecule has 228 valence electrons. The molecule has 2 aliphatic carbocycles. The molecule has 4 unspecified atom stereocenters. The number of carbonyl (C=O) groups excluding carboxylic acids is 3. The molecule has 3 N–H and O–H groups in total. The van der Waals surface area contributed by atoms with Crippen molar-refractivity contribution >= 4 is 63.8 Å². The summed E-state index contributed by atoms with van der Waals surface area (Å²) in [4.78, 5) is 58.3. The van der Waals surface area contributed by atoms with Gasteiger partial charge in [0.2, 0.25) is 11.8 Å². The first-order valence-corrected chi connectivity index (χ1v) is 16.7. The van der Waals surface area contributed by atoms with Crippen molar-refractivity contribution in [2.24, 2.45) is 29.6 Å². The number of phenols is 1. The summed E-state index contributed by atoms with van der Waals surface area (Å²) in [5, 5.41) is 13.5. The summed E-state index contributed by atoms with van der Waals surface area (Å²) in [6, 6.07) is 20.5. The minimum absolute atomic E-state index is 0.00361. The first-order chi connectivity index (χ1) is 21.8. The second-order valence-electron chi connectivity index (χ2n) is 11.9. The fourth-order valence-electron chi connectivity index (χ4n) is 7.98. The Balaban J connectivity index is 1.14. The Morgan fingerprint density at radius 2 is 1.73 bits per heavy atom. The number of hydrogen-bond acceptors (Lipinski definition) is 8. The van der Waals surface area contributed by atoms with Gasteiger partial charge in [-0.15, -0.1) is 11.8 Å². The van der Waals surface area contributed by atoms with Crippen LogP contribution >= 0.6 is 34.7 Å². The number of rotatable bonds is 6. The van der Waals surface area contributed by atoms with Crippen LogP contribution in [0.3, 0.4) is 0 Å². The van der Waals surface area contributed by atoms with Crippen LogP contribution in [0.1, 0.15) is 22.8 Å². The van der Waals surface area contributed by atoms with Gasteiger partial charge in [-0.05, 0) is 78.8 Å². The van der Waals surface area contributed by atoms with Crippen LogP contribution < -0.4 is 19.8 Å². The van der Waals surface area contributed by atoms with Crippen molar-refractivity contribution in [1.29, 1.82) is 0 Å². The Bertz CT molecular complexity index is 1910. The average Bonchev–Trinajstić information content (AvgIpc) is 3.77. The van der Waals surface area contributed by atoms with E-state index in [0.29, 0.717) is 22.1 Å². The van der Waals surface area contributed by atoms with Crippen molar-refractivity contribution in [2.75, 3.05) is 16.8 Å². The van der Waals surface area contributed by atoms with E-state index < -0.39 is 11.8 Å². The molecule has 2 saturated carbocycles. The highest BCUT2D eigenvalue weighted by molar-refractivity contribution is 8.00. The molecule has 45 heavy (non-hydrogen) atoms. The van der Waals surface area contributed by atoms with E-state index in [-0.39, 0.29) is 63.9 Å². The van der Waals surface area contributed by atoms with Crippen LogP contribution in [0.5, 0.6) is 11.5 Å². The molecule has 3 fully saturated rings. The Morgan fingerprint density at radius 1 is 1.00 bits per heavy atom. The lowest BCUT2D eigenvalue weighted by Gasteiger charge is -2.43. The normalized spacial score (nSPS) is 27.7. The third kappa shape index (κ3) is 4.59. The van der Waals surface area contributed by atoms with Crippen LogP contribution in [0.4, 0.5) is 11.4 Å². The van der Waals surface area contributed by atoms with Crippen LogP contribution in [0.2, 0.25) is 5.02 Å². The summed E-state index contributed by atoms with van der Waals surface area (Å²) in [5.41, 5.74) is 1.85. The Kier molecular flexibility index (Phi) is 6.81.